The molecule has 0 fully saturated rings. The number of carbonyl (C=O) groups excluding carboxylic acids is 1. The number of carbonyl (C=O) groups is 1. The summed E-state index contributed by atoms with van der Waals surface area (Å²) in [5.41, 5.74) is 0.407. The number of ether oxygens (including phenoxy) is 2. The number of hydrogen-bond donors (Lipinski definition) is 0. The Morgan fingerprint density at radius 2 is 2.14 bits per heavy atom. The van der Waals surface area contributed by atoms with Gasteiger partial charge in [-0.05, 0) is 12.8 Å². The molecule has 0 saturated carbocycles. The first kappa shape index (κ1) is 12.9. The highest BCUT2D eigenvalue weighted by Gasteiger charge is 2.02. The van der Waals surface area contributed by atoms with Crippen LogP contribution in [0.2, 0.25) is 0 Å². The van der Waals surface area contributed by atoms with E-state index in [2.05, 4.69) is 13.2 Å². The standard InChI is InChI=1S/C11H18O3/c1-5-10(4)8-13-6-7-14-11(12)9(2)3/h5,10H,1-2,6-8H2,3-4H3. The predicted molar refractivity (Wildman–Crippen MR) is 56.0 cm³/mol. The van der Waals surface area contributed by atoms with Crippen molar-refractivity contribution in [3.8, 4) is 0 Å². The molecule has 14 heavy (non-hydrogen) atoms. The molecule has 0 spiro atoms. The second-order valence-electron chi connectivity index (χ2n) is 3.20. The molecule has 80 valence electrons. The molecule has 0 aliphatic rings. The van der Waals surface area contributed by atoms with Crippen LogP contribution in [0.4, 0.5) is 0 Å². The normalized spacial score (nSPS) is 11.9. The molecule has 1 atom stereocenters. The van der Waals surface area contributed by atoms with E-state index >= 15 is 0 Å². The van der Waals surface area contributed by atoms with Crippen LogP contribution < -0.4 is 0 Å². The fraction of sp³-hybridized carbons (Fsp3) is 0.545. The van der Waals surface area contributed by atoms with Crippen LogP contribution in [0.15, 0.2) is 24.8 Å². The lowest BCUT2D eigenvalue weighted by molar-refractivity contribution is -0.140. The van der Waals surface area contributed by atoms with E-state index in [0.717, 1.165) is 0 Å². The van der Waals surface area contributed by atoms with Crippen LogP contribution in [0.5, 0.6) is 0 Å². The van der Waals surface area contributed by atoms with Crippen molar-refractivity contribution in [1.29, 1.82) is 0 Å². The second kappa shape index (κ2) is 7.33. The average molecular weight is 198 g/mol. The first-order valence-corrected chi connectivity index (χ1v) is 4.61. The van der Waals surface area contributed by atoms with E-state index in [9.17, 15) is 4.79 Å². The lowest BCUT2D eigenvalue weighted by Crippen LogP contribution is -2.13. The van der Waals surface area contributed by atoms with Crippen molar-refractivity contribution < 1.29 is 14.3 Å². The molecule has 0 aliphatic heterocycles. The van der Waals surface area contributed by atoms with Gasteiger partial charge in [-0.25, -0.2) is 4.79 Å². The van der Waals surface area contributed by atoms with Crippen LogP contribution in [0, 0.1) is 5.92 Å². The second-order valence-corrected chi connectivity index (χ2v) is 3.20. The van der Waals surface area contributed by atoms with E-state index in [1.54, 1.807) is 6.92 Å². The number of hydrogen-bond acceptors (Lipinski definition) is 3. The Hall–Kier alpha value is -1.09. The maximum atomic E-state index is 10.9. The van der Waals surface area contributed by atoms with E-state index in [1.165, 1.54) is 0 Å². The van der Waals surface area contributed by atoms with Crippen LogP contribution in [0.1, 0.15) is 13.8 Å². The predicted octanol–water partition coefficient (Wildman–Crippen LogP) is 1.94. The van der Waals surface area contributed by atoms with Gasteiger partial charge in [0.05, 0.1) is 13.2 Å². The van der Waals surface area contributed by atoms with Crippen molar-refractivity contribution in [2.45, 2.75) is 13.8 Å². The van der Waals surface area contributed by atoms with Crippen molar-refractivity contribution in [3.05, 3.63) is 24.8 Å². The fourth-order valence-electron chi connectivity index (χ4n) is 0.654. The van der Waals surface area contributed by atoms with Gasteiger partial charge in [0.2, 0.25) is 0 Å². The summed E-state index contributed by atoms with van der Waals surface area (Å²) >= 11 is 0. The Bertz CT molecular complexity index is 209. The summed E-state index contributed by atoms with van der Waals surface area (Å²) in [4.78, 5) is 10.9. The zero-order chi connectivity index (χ0) is 11.0. The van der Waals surface area contributed by atoms with E-state index in [1.807, 2.05) is 13.0 Å². The smallest absolute Gasteiger partial charge is 0.333 e. The van der Waals surface area contributed by atoms with Crippen molar-refractivity contribution in [2.75, 3.05) is 19.8 Å². The first-order chi connectivity index (χ1) is 6.57. The monoisotopic (exact) mass is 198 g/mol. The van der Waals surface area contributed by atoms with Crippen molar-refractivity contribution in [1.82, 2.24) is 0 Å². The van der Waals surface area contributed by atoms with Crippen LogP contribution in [-0.2, 0) is 14.3 Å². The molecule has 0 saturated heterocycles. The van der Waals surface area contributed by atoms with Crippen LogP contribution >= 0.6 is 0 Å². The van der Waals surface area contributed by atoms with E-state index < -0.39 is 0 Å². The van der Waals surface area contributed by atoms with Gasteiger partial charge in [0.1, 0.15) is 6.61 Å². The number of rotatable bonds is 7. The summed E-state index contributed by atoms with van der Waals surface area (Å²) in [5, 5.41) is 0. The van der Waals surface area contributed by atoms with Gasteiger partial charge in [0, 0.05) is 5.57 Å². The molecule has 0 N–H and O–H groups in total. The molecule has 0 bridgehead atoms. The Morgan fingerprint density at radius 1 is 1.50 bits per heavy atom. The Morgan fingerprint density at radius 3 is 2.64 bits per heavy atom. The maximum Gasteiger partial charge on any atom is 0.333 e. The summed E-state index contributed by atoms with van der Waals surface area (Å²) in [5.74, 6) is -0.0442. The zero-order valence-electron chi connectivity index (χ0n) is 8.91. The van der Waals surface area contributed by atoms with E-state index in [4.69, 9.17) is 9.47 Å². The summed E-state index contributed by atoms with van der Waals surface area (Å²) in [6.45, 7) is 12.0. The summed E-state index contributed by atoms with van der Waals surface area (Å²) in [6.07, 6.45) is 1.82. The van der Waals surface area contributed by atoms with Gasteiger partial charge < -0.3 is 9.47 Å². The van der Waals surface area contributed by atoms with Gasteiger partial charge in [-0.15, -0.1) is 6.58 Å². The Labute approximate surface area is 85.4 Å². The third-order valence-electron chi connectivity index (χ3n) is 1.59. The molecule has 0 aliphatic carbocycles. The molecule has 0 radical (unpaired) electrons. The third kappa shape index (κ3) is 6.43. The van der Waals surface area contributed by atoms with Crippen LogP contribution in [0.3, 0.4) is 0 Å². The molecule has 0 heterocycles. The fourth-order valence-corrected chi connectivity index (χ4v) is 0.654. The van der Waals surface area contributed by atoms with Gasteiger partial charge in [0.25, 0.3) is 0 Å². The quantitative estimate of drug-likeness (QED) is 0.271. The largest absolute Gasteiger partial charge is 0.460 e. The molecule has 0 aromatic carbocycles. The van der Waals surface area contributed by atoms with Gasteiger partial charge in [-0.2, -0.15) is 0 Å². The van der Waals surface area contributed by atoms with Crippen LogP contribution in [0.25, 0.3) is 0 Å². The Balaban J connectivity index is 3.34. The zero-order valence-corrected chi connectivity index (χ0v) is 8.91. The molecule has 0 amide bonds. The maximum absolute atomic E-state index is 10.9. The minimum Gasteiger partial charge on any atom is -0.460 e. The van der Waals surface area contributed by atoms with Crippen molar-refractivity contribution in [3.63, 3.8) is 0 Å². The van der Waals surface area contributed by atoms with Crippen molar-refractivity contribution >= 4 is 5.97 Å². The lowest BCUT2D eigenvalue weighted by Gasteiger charge is -2.07. The molecular weight excluding hydrogens is 180 g/mol. The lowest BCUT2D eigenvalue weighted by atomic mass is 10.2. The molecular formula is C11H18O3. The highest BCUT2D eigenvalue weighted by Crippen LogP contribution is 1.96. The third-order valence-corrected chi connectivity index (χ3v) is 1.59. The van der Waals surface area contributed by atoms with E-state index in [-0.39, 0.29) is 12.6 Å². The molecule has 0 rings (SSSR count). The van der Waals surface area contributed by atoms with Gasteiger partial charge in [-0.3, -0.25) is 0 Å². The topological polar surface area (TPSA) is 35.5 Å². The minimum atomic E-state index is -0.370. The van der Waals surface area contributed by atoms with Crippen molar-refractivity contribution in [2.24, 2.45) is 5.92 Å². The Kier molecular flexibility index (Phi) is 6.76. The summed E-state index contributed by atoms with van der Waals surface area (Å²) in [7, 11) is 0. The SMILES string of the molecule is C=CC(C)COCCOC(=O)C(=C)C. The average Bonchev–Trinajstić information content (AvgIpc) is 2.16. The van der Waals surface area contributed by atoms with Crippen LogP contribution in [-0.4, -0.2) is 25.8 Å². The highest BCUT2D eigenvalue weighted by atomic mass is 16.6. The van der Waals surface area contributed by atoms with Gasteiger partial charge in [-0.1, -0.05) is 19.6 Å². The summed E-state index contributed by atoms with van der Waals surface area (Å²) in [6, 6.07) is 0. The summed E-state index contributed by atoms with van der Waals surface area (Å²) < 4.78 is 10.1. The van der Waals surface area contributed by atoms with Gasteiger partial charge in [0.15, 0.2) is 0 Å². The van der Waals surface area contributed by atoms with Gasteiger partial charge >= 0.3 is 5.97 Å². The molecule has 1 unspecified atom stereocenters. The molecule has 3 heteroatoms. The van der Waals surface area contributed by atoms with E-state index in [0.29, 0.717) is 24.7 Å². The minimum absolute atomic E-state index is 0.273. The molecule has 3 nitrogen and oxygen atoms in total. The molecule has 0 aromatic heterocycles. The number of esters is 1. The highest BCUT2D eigenvalue weighted by molar-refractivity contribution is 5.86. The first-order valence-electron chi connectivity index (χ1n) is 4.61. The molecule has 0 aromatic rings.